The van der Waals surface area contributed by atoms with Gasteiger partial charge in [-0.25, -0.2) is 0 Å². The normalized spacial score (nSPS) is 17.8. The second kappa shape index (κ2) is 16.0. The van der Waals surface area contributed by atoms with Crippen LogP contribution in [0, 0.1) is 5.92 Å². The number of unbranched alkanes of at least 4 members (excludes halogenated alkanes) is 1. The Bertz CT molecular complexity index is 1380. The Hall–Kier alpha value is -3.67. The maximum absolute atomic E-state index is 13.6. The number of rotatable bonds is 14. The van der Waals surface area contributed by atoms with Crippen molar-refractivity contribution in [1.82, 2.24) is 20.2 Å². The number of anilines is 1. The van der Waals surface area contributed by atoms with E-state index in [0.29, 0.717) is 61.2 Å². The number of carbonyl (C=O) groups is 2. The van der Waals surface area contributed by atoms with E-state index in [-0.39, 0.29) is 23.8 Å². The van der Waals surface area contributed by atoms with Crippen molar-refractivity contribution < 1.29 is 32.2 Å². The van der Waals surface area contributed by atoms with Crippen LogP contribution in [0.1, 0.15) is 89.2 Å². The van der Waals surface area contributed by atoms with Crippen LogP contribution >= 0.6 is 0 Å². The number of hydrogen-bond donors (Lipinski definition) is 1. The lowest BCUT2D eigenvalue weighted by molar-refractivity contribution is -0.137. The van der Waals surface area contributed by atoms with Crippen LogP contribution in [0.4, 0.5) is 18.9 Å². The number of carbonyl (C=O) groups excluding carboxylic acids is 2. The summed E-state index contributed by atoms with van der Waals surface area (Å²) in [5.41, 5.74) is 2.06. The third-order valence-electron chi connectivity index (χ3n) is 9.39. The van der Waals surface area contributed by atoms with Crippen molar-refractivity contribution in [3.05, 3.63) is 47.3 Å². The van der Waals surface area contributed by atoms with Crippen LogP contribution in [-0.2, 0) is 15.8 Å². The average molecular weight is 658 g/mol. The van der Waals surface area contributed by atoms with Crippen LogP contribution in [-0.4, -0.2) is 72.1 Å². The highest BCUT2D eigenvalue weighted by atomic mass is 19.4. The Labute approximate surface area is 274 Å². The third kappa shape index (κ3) is 8.63. The Balaban J connectivity index is 1.12. The molecule has 2 aliphatic carbocycles. The summed E-state index contributed by atoms with van der Waals surface area (Å²) in [5, 5.41) is 3.20. The van der Waals surface area contributed by atoms with Crippen LogP contribution < -0.4 is 19.7 Å². The molecule has 1 aromatic heterocycles. The molecule has 2 fully saturated rings. The van der Waals surface area contributed by atoms with Crippen LogP contribution in [0.5, 0.6) is 11.8 Å². The van der Waals surface area contributed by atoms with E-state index in [9.17, 15) is 22.8 Å². The van der Waals surface area contributed by atoms with E-state index in [1.54, 1.807) is 4.90 Å². The van der Waals surface area contributed by atoms with Crippen LogP contribution in [0.2, 0.25) is 0 Å². The number of allylic oxidation sites excluding steroid dienone is 1. The van der Waals surface area contributed by atoms with E-state index >= 15 is 0 Å². The SMILES string of the molecule is CCOc1ncnc(OCC)c1N(CCCCN1CCC(NC(=O)C2=C(c3ccc(C(F)(F)F)cc3)CCC2)CC1)C(=O)C1CCC1. The summed E-state index contributed by atoms with van der Waals surface area (Å²) in [6.45, 7) is 7.71. The predicted octanol–water partition coefficient (Wildman–Crippen LogP) is 6.42. The monoisotopic (exact) mass is 657 g/mol. The maximum atomic E-state index is 13.6. The van der Waals surface area contributed by atoms with E-state index in [2.05, 4.69) is 20.2 Å². The number of amides is 2. The first-order valence-electron chi connectivity index (χ1n) is 17.0. The number of hydrogen-bond acceptors (Lipinski definition) is 7. The minimum atomic E-state index is -4.38. The summed E-state index contributed by atoms with van der Waals surface area (Å²) in [6, 6.07) is 5.18. The lowest BCUT2D eigenvalue weighted by Crippen LogP contribution is -2.45. The van der Waals surface area contributed by atoms with Gasteiger partial charge in [-0.3, -0.25) is 9.59 Å². The predicted molar refractivity (Wildman–Crippen MR) is 173 cm³/mol. The van der Waals surface area contributed by atoms with Gasteiger partial charge in [-0.2, -0.15) is 23.1 Å². The molecule has 2 amide bonds. The molecule has 256 valence electrons. The Morgan fingerprint density at radius 3 is 2.17 bits per heavy atom. The number of nitrogens with one attached hydrogen (secondary N) is 1. The van der Waals surface area contributed by atoms with Gasteiger partial charge in [0, 0.05) is 37.2 Å². The molecule has 1 aromatic carbocycles. The van der Waals surface area contributed by atoms with Gasteiger partial charge in [-0.1, -0.05) is 18.6 Å². The second-order valence-corrected chi connectivity index (χ2v) is 12.5. The van der Waals surface area contributed by atoms with Gasteiger partial charge in [0.1, 0.15) is 6.33 Å². The number of aromatic nitrogens is 2. The molecule has 5 rings (SSSR count). The number of piperidine rings is 1. The zero-order chi connectivity index (χ0) is 33.4. The number of alkyl halides is 3. The van der Waals surface area contributed by atoms with Crippen LogP contribution in [0.15, 0.2) is 36.2 Å². The Morgan fingerprint density at radius 2 is 1.60 bits per heavy atom. The average Bonchev–Trinajstić information content (AvgIpc) is 3.52. The first-order chi connectivity index (χ1) is 22.7. The summed E-state index contributed by atoms with van der Waals surface area (Å²) < 4.78 is 50.6. The van der Waals surface area contributed by atoms with Crippen LogP contribution in [0.25, 0.3) is 5.57 Å². The molecule has 0 spiro atoms. The molecule has 0 radical (unpaired) electrons. The molecule has 47 heavy (non-hydrogen) atoms. The number of ether oxygens (including phenoxy) is 2. The molecule has 0 bridgehead atoms. The topological polar surface area (TPSA) is 96.9 Å². The molecule has 1 saturated carbocycles. The minimum absolute atomic E-state index is 0.000548. The summed E-state index contributed by atoms with van der Waals surface area (Å²) in [7, 11) is 0. The summed E-state index contributed by atoms with van der Waals surface area (Å²) in [4.78, 5) is 39.6. The van der Waals surface area contributed by atoms with E-state index < -0.39 is 11.7 Å². The van der Waals surface area contributed by atoms with Crippen molar-refractivity contribution in [2.24, 2.45) is 5.92 Å². The lowest BCUT2D eigenvalue weighted by Gasteiger charge is -2.34. The lowest BCUT2D eigenvalue weighted by atomic mass is 9.84. The summed E-state index contributed by atoms with van der Waals surface area (Å²) in [6.07, 6.45) is 5.34. The molecule has 9 nitrogen and oxygen atoms in total. The first kappa shape index (κ1) is 34.7. The first-order valence-corrected chi connectivity index (χ1v) is 17.0. The van der Waals surface area contributed by atoms with E-state index in [4.69, 9.17) is 9.47 Å². The highest BCUT2D eigenvalue weighted by Gasteiger charge is 2.34. The molecular formula is C35H46F3N5O4. The van der Waals surface area contributed by atoms with Gasteiger partial charge in [0.05, 0.1) is 18.8 Å². The Kier molecular flexibility index (Phi) is 11.8. The molecule has 3 aliphatic rings. The Morgan fingerprint density at radius 1 is 0.936 bits per heavy atom. The van der Waals surface area contributed by atoms with Gasteiger partial charge in [0.15, 0.2) is 5.69 Å². The number of halogens is 3. The largest absolute Gasteiger partial charge is 0.476 e. The van der Waals surface area contributed by atoms with Crippen molar-refractivity contribution >= 4 is 23.1 Å². The molecule has 1 aliphatic heterocycles. The fourth-order valence-corrected chi connectivity index (χ4v) is 6.62. The minimum Gasteiger partial charge on any atom is -0.476 e. The number of likely N-dealkylation sites (tertiary alicyclic amines) is 1. The number of benzene rings is 1. The van der Waals surface area contributed by atoms with Gasteiger partial charge in [-0.05, 0) is 101 Å². The highest BCUT2D eigenvalue weighted by molar-refractivity contribution is 6.02. The van der Waals surface area contributed by atoms with Crippen molar-refractivity contribution in [2.75, 3.05) is 44.3 Å². The smallest absolute Gasteiger partial charge is 0.416 e. The fraction of sp³-hybridized carbons (Fsp3) is 0.600. The zero-order valence-electron chi connectivity index (χ0n) is 27.4. The summed E-state index contributed by atoms with van der Waals surface area (Å²) in [5.74, 6) is 0.697. The molecule has 0 atom stereocenters. The molecular weight excluding hydrogens is 611 g/mol. The molecule has 1 N–H and O–H groups in total. The molecule has 1 saturated heterocycles. The third-order valence-corrected chi connectivity index (χ3v) is 9.39. The standard InChI is InChI=1S/C35H46F3N5O4/c1-3-46-32-30(33(47-4-2)40-23-39-32)43(34(45)25-9-7-10-25)20-6-5-19-42-21-17-27(18-22-42)41-31(44)29-12-8-11-28(29)24-13-15-26(16-14-24)35(36,37)38/h13-16,23,25,27H,3-12,17-22H2,1-2H3,(H,41,44). The van der Waals surface area contributed by atoms with E-state index in [1.165, 1.54) is 18.5 Å². The van der Waals surface area contributed by atoms with E-state index in [1.807, 2.05) is 13.8 Å². The number of nitrogens with zero attached hydrogens (tertiary/aromatic N) is 4. The van der Waals surface area contributed by atoms with Gasteiger partial charge in [0.2, 0.25) is 23.6 Å². The second-order valence-electron chi connectivity index (χ2n) is 12.5. The van der Waals surface area contributed by atoms with Crippen molar-refractivity contribution in [1.29, 1.82) is 0 Å². The zero-order valence-corrected chi connectivity index (χ0v) is 27.4. The van der Waals surface area contributed by atoms with Gasteiger partial charge < -0.3 is 24.6 Å². The van der Waals surface area contributed by atoms with Crippen molar-refractivity contribution in [3.63, 3.8) is 0 Å². The fourth-order valence-electron chi connectivity index (χ4n) is 6.62. The maximum Gasteiger partial charge on any atom is 0.416 e. The van der Waals surface area contributed by atoms with Gasteiger partial charge in [0.25, 0.3) is 0 Å². The molecule has 12 heteroatoms. The summed E-state index contributed by atoms with van der Waals surface area (Å²) >= 11 is 0. The van der Waals surface area contributed by atoms with Gasteiger partial charge in [-0.15, -0.1) is 0 Å². The molecule has 2 heterocycles. The van der Waals surface area contributed by atoms with Gasteiger partial charge >= 0.3 is 6.18 Å². The molecule has 0 unspecified atom stereocenters. The van der Waals surface area contributed by atoms with E-state index in [0.717, 1.165) is 88.7 Å². The molecule has 2 aromatic rings. The van der Waals surface area contributed by atoms with Crippen molar-refractivity contribution in [3.8, 4) is 11.8 Å². The highest BCUT2D eigenvalue weighted by Crippen LogP contribution is 2.39. The van der Waals surface area contributed by atoms with Crippen LogP contribution in [0.3, 0.4) is 0 Å². The quantitative estimate of drug-likeness (QED) is 0.234. The van der Waals surface area contributed by atoms with Crippen molar-refractivity contribution in [2.45, 2.75) is 90.3 Å².